The highest BCUT2D eigenvalue weighted by molar-refractivity contribution is 5.91. The van der Waals surface area contributed by atoms with Gasteiger partial charge >= 0.3 is 0 Å². The van der Waals surface area contributed by atoms with Crippen LogP contribution in [-0.2, 0) is 16.1 Å². The van der Waals surface area contributed by atoms with E-state index in [1.807, 2.05) is 24.8 Å². The third kappa shape index (κ3) is 3.61. The number of carbonyl (C=O) groups excluding carboxylic acids is 2. The van der Waals surface area contributed by atoms with E-state index in [1.165, 1.54) is 5.56 Å². The number of carbonyl (C=O) groups is 2. The van der Waals surface area contributed by atoms with Crippen LogP contribution in [0.1, 0.15) is 32.3 Å². The lowest BCUT2D eigenvalue weighted by atomic mass is 10.1. The van der Waals surface area contributed by atoms with Crippen molar-refractivity contribution in [2.45, 2.75) is 45.3 Å². The molecule has 0 saturated carbocycles. The van der Waals surface area contributed by atoms with E-state index in [1.54, 1.807) is 4.90 Å². The molecule has 1 atom stereocenters. The Morgan fingerprint density at radius 3 is 2.42 bits per heavy atom. The third-order valence-electron chi connectivity index (χ3n) is 5.03. The monoisotopic (exact) mass is 329 g/mol. The maximum Gasteiger partial charge on any atom is 0.245 e. The van der Waals surface area contributed by atoms with E-state index in [0.29, 0.717) is 12.8 Å². The van der Waals surface area contributed by atoms with Gasteiger partial charge in [-0.05, 0) is 25.8 Å². The molecule has 1 aromatic rings. The van der Waals surface area contributed by atoms with Gasteiger partial charge in [0.2, 0.25) is 11.8 Å². The lowest BCUT2D eigenvalue weighted by molar-refractivity contribution is -0.144. The zero-order valence-electron chi connectivity index (χ0n) is 14.6. The van der Waals surface area contributed by atoms with Gasteiger partial charge in [-0.15, -0.1) is 0 Å². The third-order valence-corrected chi connectivity index (χ3v) is 5.03. The molecule has 2 fully saturated rings. The molecule has 1 unspecified atom stereocenters. The maximum atomic E-state index is 12.8. The van der Waals surface area contributed by atoms with Crippen molar-refractivity contribution in [1.82, 2.24) is 14.7 Å². The van der Waals surface area contributed by atoms with E-state index >= 15 is 0 Å². The molecule has 2 heterocycles. The summed E-state index contributed by atoms with van der Waals surface area (Å²) in [5.41, 5.74) is 1.31. The van der Waals surface area contributed by atoms with Gasteiger partial charge in [-0.3, -0.25) is 14.5 Å². The van der Waals surface area contributed by atoms with E-state index < -0.39 is 0 Å². The summed E-state index contributed by atoms with van der Waals surface area (Å²) in [4.78, 5) is 31.0. The molecule has 1 aromatic carbocycles. The molecule has 24 heavy (non-hydrogen) atoms. The van der Waals surface area contributed by atoms with E-state index in [0.717, 1.165) is 32.7 Å². The molecule has 2 aliphatic rings. The fraction of sp³-hybridized carbons (Fsp3) is 0.579. The Hall–Kier alpha value is -1.88. The summed E-state index contributed by atoms with van der Waals surface area (Å²) < 4.78 is 0. The zero-order valence-corrected chi connectivity index (χ0v) is 14.6. The van der Waals surface area contributed by atoms with Crippen LogP contribution in [0.2, 0.25) is 0 Å². The van der Waals surface area contributed by atoms with Gasteiger partial charge in [0.05, 0.1) is 0 Å². The molecule has 0 N–H and O–H groups in total. The van der Waals surface area contributed by atoms with Crippen LogP contribution in [0, 0.1) is 0 Å². The number of likely N-dealkylation sites (tertiary alicyclic amines) is 1. The lowest BCUT2D eigenvalue weighted by Crippen LogP contribution is -2.54. The summed E-state index contributed by atoms with van der Waals surface area (Å²) >= 11 is 0. The Balaban J connectivity index is 1.54. The van der Waals surface area contributed by atoms with Gasteiger partial charge in [0.1, 0.15) is 6.04 Å². The van der Waals surface area contributed by atoms with Gasteiger partial charge < -0.3 is 9.80 Å². The highest BCUT2D eigenvalue weighted by Gasteiger charge is 2.39. The Kier molecular flexibility index (Phi) is 5.19. The van der Waals surface area contributed by atoms with Crippen LogP contribution in [0.3, 0.4) is 0 Å². The Bertz CT molecular complexity index is 580. The maximum absolute atomic E-state index is 12.8. The van der Waals surface area contributed by atoms with Gasteiger partial charge in [-0.1, -0.05) is 30.3 Å². The minimum absolute atomic E-state index is 0.0910. The molecule has 2 amide bonds. The number of benzene rings is 1. The van der Waals surface area contributed by atoms with Crippen molar-refractivity contribution < 1.29 is 9.59 Å². The van der Waals surface area contributed by atoms with Crippen molar-refractivity contribution in [3.05, 3.63) is 35.9 Å². The predicted molar refractivity (Wildman–Crippen MR) is 93.3 cm³/mol. The van der Waals surface area contributed by atoms with Crippen molar-refractivity contribution in [3.8, 4) is 0 Å². The van der Waals surface area contributed by atoms with E-state index in [2.05, 4.69) is 29.2 Å². The highest BCUT2D eigenvalue weighted by Crippen LogP contribution is 2.23. The second-order valence-corrected chi connectivity index (χ2v) is 7.04. The van der Waals surface area contributed by atoms with Gasteiger partial charge in [0, 0.05) is 45.2 Å². The molecule has 0 aliphatic carbocycles. The average molecular weight is 329 g/mol. The quantitative estimate of drug-likeness (QED) is 0.845. The largest absolute Gasteiger partial charge is 0.338 e. The van der Waals surface area contributed by atoms with Gasteiger partial charge in [-0.2, -0.15) is 0 Å². The molecular formula is C19H27N3O2. The van der Waals surface area contributed by atoms with Crippen LogP contribution < -0.4 is 0 Å². The SMILES string of the molecule is CC(C)N1C(=O)CCC1C(=O)N1CCN(Cc2ccccc2)CC1. The summed E-state index contributed by atoms with van der Waals surface area (Å²) in [6.45, 7) is 8.20. The summed E-state index contributed by atoms with van der Waals surface area (Å²) in [5.74, 6) is 0.250. The van der Waals surface area contributed by atoms with Crippen LogP contribution in [-0.4, -0.2) is 64.8 Å². The van der Waals surface area contributed by atoms with Gasteiger partial charge in [-0.25, -0.2) is 0 Å². The van der Waals surface area contributed by atoms with Crippen molar-refractivity contribution >= 4 is 11.8 Å². The standard InChI is InChI=1S/C19H27N3O2/c1-15(2)22-17(8-9-18(22)23)19(24)21-12-10-20(11-13-21)14-16-6-4-3-5-7-16/h3-7,15,17H,8-14H2,1-2H3. The first-order valence-corrected chi connectivity index (χ1v) is 8.92. The summed E-state index contributed by atoms with van der Waals surface area (Å²) in [5, 5.41) is 0. The Morgan fingerprint density at radius 2 is 1.79 bits per heavy atom. The van der Waals surface area contributed by atoms with E-state index in [-0.39, 0.29) is 23.9 Å². The van der Waals surface area contributed by atoms with E-state index in [9.17, 15) is 9.59 Å². The molecule has 0 spiro atoms. The molecule has 2 saturated heterocycles. The minimum Gasteiger partial charge on any atom is -0.338 e. The number of nitrogens with zero attached hydrogens (tertiary/aromatic N) is 3. The number of hydrogen-bond acceptors (Lipinski definition) is 3. The molecular weight excluding hydrogens is 302 g/mol. The Morgan fingerprint density at radius 1 is 1.12 bits per heavy atom. The van der Waals surface area contributed by atoms with Crippen LogP contribution in [0.25, 0.3) is 0 Å². The number of rotatable bonds is 4. The normalized spacial score (nSPS) is 22.5. The van der Waals surface area contributed by atoms with Crippen LogP contribution >= 0.6 is 0 Å². The molecule has 5 nitrogen and oxygen atoms in total. The Labute approximate surface area is 144 Å². The van der Waals surface area contributed by atoms with Crippen LogP contribution in [0.4, 0.5) is 0 Å². The molecule has 130 valence electrons. The van der Waals surface area contributed by atoms with Gasteiger partial charge in [0.25, 0.3) is 0 Å². The molecule has 2 aliphatic heterocycles. The molecule has 3 rings (SSSR count). The topological polar surface area (TPSA) is 43.9 Å². The summed E-state index contributed by atoms with van der Waals surface area (Å²) in [6.07, 6.45) is 1.17. The van der Waals surface area contributed by atoms with Crippen molar-refractivity contribution in [1.29, 1.82) is 0 Å². The number of piperazine rings is 1. The second-order valence-electron chi connectivity index (χ2n) is 7.04. The van der Waals surface area contributed by atoms with Crippen molar-refractivity contribution in [2.24, 2.45) is 0 Å². The number of amides is 2. The number of hydrogen-bond donors (Lipinski definition) is 0. The van der Waals surface area contributed by atoms with Crippen molar-refractivity contribution in [3.63, 3.8) is 0 Å². The predicted octanol–water partition coefficient (Wildman–Crippen LogP) is 1.73. The molecule has 0 aromatic heterocycles. The fourth-order valence-corrected chi connectivity index (χ4v) is 3.77. The first-order valence-electron chi connectivity index (χ1n) is 8.92. The average Bonchev–Trinajstić information content (AvgIpc) is 2.98. The summed E-state index contributed by atoms with van der Waals surface area (Å²) in [7, 11) is 0. The molecule has 5 heteroatoms. The lowest BCUT2D eigenvalue weighted by Gasteiger charge is -2.38. The second kappa shape index (κ2) is 7.34. The van der Waals surface area contributed by atoms with Crippen LogP contribution in [0.5, 0.6) is 0 Å². The van der Waals surface area contributed by atoms with Crippen LogP contribution in [0.15, 0.2) is 30.3 Å². The minimum atomic E-state index is -0.252. The smallest absolute Gasteiger partial charge is 0.245 e. The van der Waals surface area contributed by atoms with Gasteiger partial charge in [0.15, 0.2) is 0 Å². The van der Waals surface area contributed by atoms with E-state index in [4.69, 9.17) is 0 Å². The first-order chi connectivity index (χ1) is 11.6. The highest BCUT2D eigenvalue weighted by atomic mass is 16.2. The van der Waals surface area contributed by atoms with Crippen molar-refractivity contribution in [2.75, 3.05) is 26.2 Å². The molecule has 0 bridgehead atoms. The molecule has 0 radical (unpaired) electrons. The zero-order chi connectivity index (χ0) is 17.1. The summed E-state index contributed by atoms with van der Waals surface area (Å²) in [6, 6.07) is 10.3. The first kappa shape index (κ1) is 17.0. The fourth-order valence-electron chi connectivity index (χ4n) is 3.77.